The molecule has 1 aromatic heterocycles. The molecule has 0 radical (unpaired) electrons. The van der Waals surface area contributed by atoms with E-state index >= 15 is 0 Å². The third kappa shape index (κ3) is 5.70. The van der Waals surface area contributed by atoms with Gasteiger partial charge in [-0.25, -0.2) is 9.69 Å². The Hall–Kier alpha value is -4.10. The average Bonchev–Trinajstić information content (AvgIpc) is 3.49. The Balaban J connectivity index is 1.35. The van der Waals surface area contributed by atoms with E-state index in [9.17, 15) is 24.0 Å². The van der Waals surface area contributed by atoms with E-state index in [1.165, 1.54) is 23.8 Å². The third-order valence-corrected chi connectivity index (χ3v) is 11.1. The molecular formula is C32H25Cl2N3O7S2. The molecule has 6 rings (SSSR count). The topological polar surface area (TPSA) is 124 Å². The molecule has 0 bridgehead atoms. The summed E-state index contributed by atoms with van der Waals surface area (Å²) in [6, 6.07) is 17.8. The van der Waals surface area contributed by atoms with Crippen molar-refractivity contribution >= 4 is 81.4 Å². The van der Waals surface area contributed by atoms with Crippen LogP contribution < -0.4 is 19.8 Å². The zero-order valence-corrected chi connectivity index (χ0v) is 27.5. The summed E-state index contributed by atoms with van der Waals surface area (Å²) in [5.41, 5.74) is 1.64. The lowest BCUT2D eigenvalue weighted by Crippen LogP contribution is -2.33. The fourth-order valence-electron chi connectivity index (χ4n) is 5.59. The molecule has 0 saturated carbocycles. The number of thioether (sulfide) groups is 1. The highest BCUT2D eigenvalue weighted by molar-refractivity contribution is 8.00. The predicted molar refractivity (Wildman–Crippen MR) is 177 cm³/mol. The summed E-state index contributed by atoms with van der Waals surface area (Å²) >= 11 is 15.1. The van der Waals surface area contributed by atoms with Crippen LogP contribution in [0.25, 0.3) is 0 Å². The molecule has 46 heavy (non-hydrogen) atoms. The minimum atomic E-state index is -0.902. The molecule has 2 unspecified atom stereocenters. The number of amides is 3. The number of anilines is 2. The summed E-state index contributed by atoms with van der Waals surface area (Å²) in [5.74, 6) is -2.96. The van der Waals surface area contributed by atoms with Gasteiger partial charge < -0.3 is 14.8 Å². The number of thiazole rings is 1. The van der Waals surface area contributed by atoms with E-state index in [0.29, 0.717) is 38.2 Å². The second kappa shape index (κ2) is 13.0. The fraction of sp³-hybridized carbons (Fsp3) is 0.219. The summed E-state index contributed by atoms with van der Waals surface area (Å²) < 4.78 is 11.5. The minimum absolute atomic E-state index is 0.213. The lowest BCUT2D eigenvalue weighted by Gasteiger charge is -2.31. The number of carbonyl (C=O) groups excluding carboxylic acids is 4. The second-order valence-electron chi connectivity index (χ2n) is 10.4. The number of benzene rings is 3. The first-order valence-corrected chi connectivity index (χ1v) is 16.5. The number of rotatable bonds is 8. The molecule has 236 valence electrons. The van der Waals surface area contributed by atoms with Gasteiger partial charge in [0.2, 0.25) is 17.7 Å². The maximum absolute atomic E-state index is 14.1. The van der Waals surface area contributed by atoms with Crippen LogP contribution in [0.15, 0.2) is 76.6 Å². The molecule has 0 aliphatic carbocycles. The summed E-state index contributed by atoms with van der Waals surface area (Å²) in [4.78, 5) is 67.8. The molecule has 3 heterocycles. The lowest BCUT2D eigenvalue weighted by molar-refractivity contribution is -0.122. The number of fused-ring (bicyclic) bond motifs is 2. The van der Waals surface area contributed by atoms with Crippen molar-refractivity contribution in [3.8, 4) is 5.75 Å². The number of hydrogen-bond donors (Lipinski definition) is 1. The van der Waals surface area contributed by atoms with E-state index < -0.39 is 45.6 Å². The van der Waals surface area contributed by atoms with Crippen LogP contribution in [0.1, 0.15) is 33.6 Å². The highest BCUT2D eigenvalue weighted by Crippen LogP contribution is 2.55. The molecule has 1 saturated heterocycles. The van der Waals surface area contributed by atoms with Crippen LogP contribution in [-0.4, -0.2) is 47.2 Å². The van der Waals surface area contributed by atoms with Crippen molar-refractivity contribution in [3.05, 3.63) is 102 Å². The van der Waals surface area contributed by atoms with Gasteiger partial charge in [-0.3, -0.25) is 23.7 Å². The second-order valence-corrected chi connectivity index (χ2v) is 13.3. The van der Waals surface area contributed by atoms with E-state index in [1.54, 1.807) is 61.5 Å². The van der Waals surface area contributed by atoms with Crippen LogP contribution in [0.3, 0.4) is 0 Å². The molecule has 4 aromatic rings. The van der Waals surface area contributed by atoms with Crippen molar-refractivity contribution in [2.24, 2.45) is 5.92 Å². The number of nitrogens with zero attached hydrogens (tertiary/aromatic N) is 2. The summed E-state index contributed by atoms with van der Waals surface area (Å²) in [6.45, 7) is 1.59. The van der Waals surface area contributed by atoms with Gasteiger partial charge in [-0.05, 0) is 67.1 Å². The molecular weight excluding hydrogens is 673 g/mol. The summed E-state index contributed by atoms with van der Waals surface area (Å²) in [7, 11) is 1.52. The van der Waals surface area contributed by atoms with E-state index in [0.717, 1.165) is 28.0 Å². The number of hydrogen-bond acceptors (Lipinski definition) is 9. The molecule has 14 heteroatoms. The SMILES string of the molecule is CCOC(=O)c1ccc(NC(=O)Cn2c3c(sc2=O)[C@H](c2cccc(Cl)c2Cl)C2C(=O)N(c4ccc(OC)cc4)C(=O)C2S3)cc1. The Bertz CT molecular complexity index is 1930. The quantitative estimate of drug-likeness (QED) is 0.180. The minimum Gasteiger partial charge on any atom is -0.497 e. The number of methoxy groups -OCH3 is 1. The van der Waals surface area contributed by atoms with Gasteiger partial charge in [0.05, 0.1) is 46.0 Å². The van der Waals surface area contributed by atoms with E-state index in [-0.39, 0.29) is 23.2 Å². The fourth-order valence-corrected chi connectivity index (χ4v) is 8.77. The largest absolute Gasteiger partial charge is 0.497 e. The Morgan fingerprint density at radius 1 is 0.957 bits per heavy atom. The monoisotopic (exact) mass is 697 g/mol. The van der Waals surface area contributed by atoms with Crippen LogP contribution in [0, 0.1) is 5.92 Å². The highest BCUT2D eigenvalue weighted by Gasteiger charge is 2.57. The van der Waals surface area contributed by atoms with Gasteiger partial charge >= 0.3 is 10.8 Å². The Morgan fingerprint density at radius 3 is 2.35 bits per heavy atom. The maximum Gasteiger partial charge on any atom is 0.338 e. The first-order valence-electron chi connectivity index (χ1n) is 14.1. The van der Waals surface area contributed by atoms with Gasteiger partial charge in [0.1, 0.15) is 17.5 Å². The third-order valence-electron chi connectivity index (χ3n) is 7.68. The number of aromatic nitrogens is 1. The molecule has 0 spiro atoms. The van der Waals surface area contributed by atoms with Crippen molar-refractivity contribution in [3.63, 3.8) is 0 Å². The standard InChI is InChI=1S/C32H25Cl2N3O7S2/c1-3-44-31(41)16-7-9-17(10-8-16)35-22(38)15-36-30-27(46-32(36)42)23(20-5-4-6-21(33)25(20)34)24-26(45-30)29(40)37(28(24)39)18-11-13-19(43-2)14-12-18/h4-14,23-24,26H,3,15H2,1-2H3,(H,35,38)/t23-,24?,26?/m1/s1. The van der Waals surface area contributed by atoms with Crippen LogP contribution in [0.4, 0.5) is 11.4 Å². The molecule has 1 fully saturated rings. The lowest BCUT2D eigenvalue weighted by atomic mass is 9.83. The van der Waals surface area contributed by atoms with Crippen LogP contribution in [-0.2, 0) is 25.7 Å². The maximum atomic E-state index is 14.1. The Morgan fingerprint density at radius 2 is 1.67 bits per heavy atom. The normalized spacial score (nSPS) is 18.6. The zero-order chi connectivity index (χ0) is 32.7. The zero-order valence-electron chi connectivity index (χ0n) is 24.3. The van der Waals surface area contributed by atoms with Crippen molar-refractivity contribution in [1.82, 2.24) is 4.57 Å². The first-order chi connectivity index (χ1) is 22.1. The summed E-state index contributed by atoms with van der Waals surface area (Å²) in [5, 5.41) is 2.72. The number of esters is 1. The van der Waals surface area contributed by atoms with Gasteiger partial charge in [-0.2, -0.15) is 0 Å². The van der Waals surface area contributed by atoms with Gasteiger partial charge in [0, 0.05) is 16.5 Å². The van der Waals surface area contributed by atoms with E-state index in [1.807, 2.05) is 0 Å². The highest BCUT2D eigenvalue weighted by atomic mass is 35.5. The van der Waals surface area contributed by atoms with E-state index in [2.05, 4.69) is 5.32 Å². The number of imide groups is 1. The van der Waals surface area contributed by atoms with Gasteiger partial charge in [0.25, 0.3) is 0 Å². The molecule has 3 amide bonds. The molecule has 2 aliphatic heterocycles. The van der Waals surface area contributed by atoms with Crippen molar-refractivity contribution in [2.45, 2.75) is 29.7 Å². The van der Waals surface area contributed by atoms with Crippen molar-refractivity contribution in [1.29, 1.82) is 0 Å². The van der Waals surface area contributed by atoms with Crippen LogP contribution in [0.2, 0.25) is 10.0 Å². The molecule has 1 N–H and O–H groups in total. The Kier molecular flexibility index (Phi) is 8.97. The number of ether oxygens (including phenoxy) is 2. The first kappa shape index (κ1) is 31.9. The number of carbonyl (C=O) groups is 4. The number of nitrogens with one attached hydrogen (secondary N) is 1. The van der Waals surface area contributed by atoms with Crippen molar-refractivity contribution < 1.29 is 28.7 Å². The van der Waals surface area contributed by atoms with Gasteiger partial charge in [-0.15, -0.1) is 0 Å². The van der Waals surface area contributed by atoms with Crippen molar-refractivity contribution in [2.75, 3.05) is 23.9 Å². The number of halogens is 2. The van der Waals surface area contributed by atoms with Crippen LogP contribution in [0.5, 0.6) is 5.75 Å². The van der Waals surface area contributed by atoms with Crippen LogP contribution >= 0.6 is 46.3 Å². The van der Waals surface area contributed by atoms with Gasteiger partial charge in [-0.1, -0.05) is 58.4 Å². The molecule has 3 aromatic carbocycles. The average molecular weight is 699 g/mol. The predicted octanol–water partition coefficient (Wildman–Crippen LogP) is 5.84. The van der Waals surface area contributed by atoms with E-state index in [4.69, 9.17) is 32.7 Å². The molecule has 3 atom stereocenters. The molecule has 10 nitrogen and oxygen atoms in total. The van der Waals surface area contributed by atoms with Gasteiger partial charge in [0.15, 0.2) is 0 Å². The smallest absolute Gasteiger partial charge is 0.338 e. The summed E-state index contributed by atoms with van der Waals surface area (Å²) in [6.07, 6.45) is 0. The molecule has 2 aliphatic rings. The Labute approximate surface area is 281 Å².